The van der Waals surface area contributed by atoms with Crippen molar-refractivity contribution in [3.05, 3.63) is 48.2 Å². The van der Waals surface area contributed by atoms with Gasteiger partial charge in [-0.05, 0) is 6.07 Å². The van der Waals surface area contributed by atoms with Crippen LogP contribution in [0.3, 0.4) is 0 Å². The van der Waals surface area contributed by atoms with Crippen molar-refractivity contribution in [3.8, 4) is 0 Å². The number of carbonyl (C=O) groups excluding carboxylic acids is 1. The highest BCUT2D eigenvalue weighted by Gasteiger charge is 2.13. The number of carbonyl (C=O) groups is 1. The molecule has 2 heterocycles. The summed E-state index contributed by atoms with van der Waals surface area (Å²) in [4.78, 5) is 18.9. The number of fused-ring (bicyclic) bond motifs is 1. The molecule has 1 aromatic carbocycles. The first-order valence-electron chi connectivity index (χ1n) is 5.54. The summed E-state index contributed by atoms with van der Waals surface area (Å²) in [5.41, 5.74) is 1.25. The second-order valence-corrected chi connectivity index (χ2v) is 3.84. The number of rotatable bonds is 3. The summed E-state index contributed by atoms with van der Waals surface area (Å²) in [5, 5.41) is 10.4. The molecule has 0 fully saturated rings. The van der Waals surface area contributed by atoms with Crippen LogP contribution in [0.4, 0.5) is 0 Å². The summed E-state index contributed by atoms with van der Waals surface area (Å²) in [7, 11) is 0. The van der Waals surface area contributed by atoms with E-state index in [1.807, 2.05) is 24.3 Å². The number of imidazole rings is 1. The number of hydrogen-bond donors (Lipinski definition) is 3. The number of nitrogens with zero attached hydrogens (tertiary/aromatic N) is 2. The van der Waals surface area contributed by atoms with Crippen LogP contribution < -0.4 is 5.32 Å². The minimum absolute atomic E-state index is 0.219. The summed E-state index contributed by atoms with van der Waals surface area (Å²) in [6.07, 6.45) is 3.36. The van der Waals surface area contributed by atoms with E-state index in [0.717, 1.165) is 10.9 Å². The maximum Gasteiger partial charge on any atom is 0.272 e. The van der Waals surface area contributed by atoms with Crippen molar-refractivity contribution < 1.29 is 4.79 Å². The molecule has 0 atom stereocenters. The van der Waals surface area contributed by atoms with Crippen molar-refractivity contribution in [2.45, 2.75) is 6.54 Å². The first kappa shape index (κ1) is 10.5. The van der Waals surface area contributed by atoms with Gasteiger partial charge < -0.3 is 10.3 Å². The third-order valence-corrected chi connectivity index (χ3v) is 2.66. The molecule has 6 nitrogen and oxygen atoms in total. The number of para-hydroxylation sites is 1. The summed E-state index contributed by atoms with van der Waals surface area (Å²) < 4.78 is 0. The Morgan fingerprint density at radius 2 is 2.22 bits per heavy atom. The third kappa shape index (κ3) is 1.84. The van der Waals surface area contributed by atoms with E-state index < -0.39 is 0 Å². The van der Waals surface area contributed by atoms with Crippen molar-refractivity contribution >= 4 is 16.8 Å². The Labute approximate surface area is 102 Å². The number of aromatic amines is 2. The van der Waals surface area contributed by atoms with E-state index in [1.165, 1.54) is 0 Å². The largest absolute Gasteiger partial charge is 0.347 e. The second-order valence-electron chi connectivity index (χ2n) is 3.84. The molecule has 0 aliphatic heterocycles. The van der Waals surface area contributed by atoms with Gasteiger partial charge in [-0.3, -0.25) is 9.89 Å². The Morgan fingerprint density at radius 1 is 1.33 bits per heavy atom. The Kier molecular flexibility index (Phi) is 2.53. The van der Waals surface area contributed by atoms with E-state index in [9.17, 15) is 4.79 Å². The molecular formula is C12H11N5O. The molecule has 90 valence electrons. The minimum atomic E-state index is -0.219. The molecule has 18 heavy (non-hydrogen) atoms. The van der Waals surface area contributed by atoms with E-state index >= 15 is 0 Å². The number of benzene rings is 1. The Morgan fingerprint density at radius 3 is 3.06 bits per heavy atom. The average molecular weight is 241 g/mol. The zero-order valence-corrected chi connectivity index (χ0v) is 9.47. The van der Waals surface area contributed by atoms with E-state index in [2.05, 4.69) is 25.5 Å². The van der Waals surface area contributed by atoms with Crippen LogP contribution in [0.15, 0.2) is 36.7 Å². The molecule has 3 N–H and O–H groups in total. The number of hydrogen-bond acceptors (Lipinski definition) is 3. The highest BCUT2D eigenvalue weighted by molar-refractivity contribution is 6.04. The van der Waals surface area contributed by atoms with E-state index in [4.69, 9.17) is 0 Å². The Hall–Kier alpha value is -2.63. The molecule has 6 heteroatoms. The fourth-order valence-corrected chi connectivity index (χ4v) is 1.78. The quantitative estimate of drug-likeness (QED) is 0.644. The molecule has 0 saturated carbocycles. The van der Waals surface area contributed by atoms with Crippen LogP contribution in [-0.4, -0.2) is 26.1 Å². The SMILES string of the molecule is O=C(NCc1ncc[nH]1)c1n[nH]c2ccccc12. The summed E-state index contributed by atoms with van der Waals surface area (Å²) in [5.74, 6) is 0.493. The average Bonchev–Trinajstić information content (AvgIpc) is 3.05. The highest BCUT2D eigenvalue weighted by Crippen LogP contribution is 2.14. The zero-order chi connectivity index (χ0) is 12.4. The Balaban J connectivity index is 1.80. The molecule has 0 aliphatic carbocycles. The van der Waals surface area contributed by atoms with Crippen molar-refractivity contribution in [2.75, 3.05) is 0 Å². The van der Waals surface area contributed by atoms with E-state index in [-0.39, 0.29) is 5.91 Å². The van der Waals surface area contributed by atoms with E-state index in [1.54, 1.807) is 12.4 Å². The monoisotopic (exact) mass is 241 g/mol. The van der Waals surface area contributed by atoms with Crippen molar-refractivity contribution in [2.24, 2.45) is 0 Å². The topological polar surface area (TPSA) is 86.5 Å². The first-order valence-corrected chi connectivity index (χ1v) is 5.54. The van der Waals surface area contributed by atoms with E-state index in [0.29, 0.717) is 18.1 Å². The van der Waals surface area contributed by atoms with Crippen LogP contribution >= 0.6 is 0 Å². The third-order valence-electron chi connectivity index (χ3n) is 2.66. The standard InChI is InChI=1S/C12H11N5O/c18-12(15-7-10-13-5-6-14-10)11-8-3-1-2-4-9(8)16-17-11/h1-6H,7H2,(H,13,14)(H,15,18)(H,16,17). The van der Waals surface area contributed by atoms with Gasteiger partial charge in [-0.2, -0.15) is 5.10 Å². The van der Waals surface area contributed by atoms with Crippen molar-refractivity contribution in [3.63, 3.8) is 0 Å². The summed E-state index contributed by atoms with van der Waals surface area (Å²) in [6.45, 7) is 0.354. The van der Waals surface area contributed by atoms with Crippen LogP contribution in [-0.2, 0) is 6.54 Å². The molecule has 3 rings (SSSR count). The molecule has 0 unspecified atom stereocenters. The van der Waals surface area contributed by atoms with Crippen molar-refractivity contribution in [1.82, 2.24) is 25.5 Å². The lowest BCUT2D eigenvalue weighted by molar-refractivity contribution is 0.0946. The van der Waals surface area contributed by atoms with Crippen LogP contribution in [0.25, 0.3) is 10.9 Å². The smallest absolute Gasteiger partial charge is 0.272 e. The van der Waals surface area contributed by atoms with Crippen molar-refractivity contribution in [1.29, 1.82) is 0 Å². The van der Waals surface area contributed by atoms with Crippen LogP contribution in [0.2, 0.25) is 0 Å². The van der Waals surface area contributed by atoms with Gasteiger partial charge in [-0.1, -0.05) is 18.2 Å². The van der Waals surface area contributed by atoms with Crippen LogP contribution in [0.5, 0.6) is 0 Å². The lowest BCUT2D eigenvalue weighted by atomic mass is 10.2. The van der Waals surface area contributed by atoms with Gasteiger partial charge in [0.15, 0.2) is 5.69 Å². The van der Waals surface area contributed by atoms with Gasteiger partial charge in [0.2, 0.25) is 0 Å². The molecule has 0 bridgehead atoms. The van der Waals surface area contributed by atoms with Gasteiger partial charge in [0.05, 0.1) is 12.1 Å². The zero-order valence-electron chi connectivity index (χ0n) is 9.47. The molecule has 0 spiro atoms. The fourth-order valence-electron chi connectivity index (χ4n) is 1.78. The molecular weight excluding hydrogens is 230 g/mol. The maximum atomic E-state index is 12.0. The summed E-state index contributed by atoms with van der Waals surface area (Å²) in [6, 6.07) is 7.51. The van der Waals surface area contributed by atoms with Gasteiger partial charge in [0.25, 0.3) is 5.91 Å². The second kappa shape index (κ2) is 4.33. The lowest BCUT2D eigenvalue weighted by Crippen LogP contribution is -2.23. The molecule has 2 aromatic heterocycles. The molecule has 0 aliphatic rings. The van der Waals surface area contributed by atoms with Gasteiger partial charge in [0.1, 0.15) is 5.82 Å². The maximum absolute atomic E-state index is 12.0. The van der Waals surface area contributed by atoms with Crippen LogP contribution in [0.1, 0.15) is 16.3 Å². The molecule has 1 amide bonds. The minimum Gasteiger partial charge on any atom is -0.347 e. The predicted molar refractivity (Wildman–Crippen MR) is 65.9 cm³/mol. The molecule has 3 aromatic rings. The first-order chi connectivity index (χ1) is 8.84. The number of aromatic nitrogens is 4. The summed E-state index contributed by atoms with van der Waals surface area (Å²) >= 11 is 0. The fraction of sp³-hybridized carbons (Fsp3) is 0.0833. The number of nitrogens with one attached hydrogen (secondary N) is 3. The van der Waals surface area contributed by atoms with Gasteiger partial charge >= 0.3 is 0 Å². The predicted octanol–water partition coefficient (Wildman–Crippen LogP) is 1.22. The lowest BCUT2D eigenvalue weighted by Gasteiger charge is -2.00. The van der Waals surface area contributed by atoms with Crippen LogP contribution in [0, 0.1) is 0 Å². The number of amides is 1. The van der Waals surface area contributed by atoms with Gasteiger partial charge in [0, 0.05) is 17.8 Å². The van der Waals surface area contributed by atoms with Gasteiger partial charge in [-0.15, -0.1) is 0 Å². The highest BCUT2D eigenvalue weighted by atomic mass is 16.1. The number of H-pyrrole nitrogens is 2. The molecule has 0 saturated heterocycles. The van der Waals surface area contributed by atoms with Gasteiger partial charge in [-0.25, -0.2) is 4.98 Å². The Bertz CT molecular complexity index is 671. The molecule has 0 radical (unpaired) electrons. The normalized spacial score (nSPS) is 10.7.